The molecule has 1 aliphatic heterocycles. The van der Waals surface area contributed by atoms with Gasteiger partial charge in [-0.15, -0.1) is 0 Å². The van der Waals surface area contributed by atoms with Gasteiger partial charge in [0.05, 0.1) is 0 Å². The summed E-state index contributed by atoms with van der Waals surface area (Å²) in [5.74, 6) is -2.05. The van der Waals surface area contributed by atoms with Crippen LogP contribution in [0.25, 0.3) is 0 Å². The highest BCUT2D eigenvalue weighted by Crippen LogP contribution is 2.40. The number of unbranched alkanes of at least 4 members (excludes halogenated alkanes) is 1. The van der Waals surface area contributed by atoms with Crippen LogP contribution in [0.15, 0.2) is 36.4 Å². The first-order valence-corrected chi connectivity index (χ1v) is 18.4. The summed E-state index contributed by atoms with van der Waals surface area (Å²) < 4.78 is 20.0. The fourth-order valence-corrected chi connectivity index (χ4v) is 7.67. The van der Waals surface area contributed by atoms with Gasteiger partial charge in [-0.3, -0.25) is 33.6 Å². The molecule has 3 atom stereocenters. The number of benzene rings is 2. The molecule has 2 aromatic carbocycles. The van der Waals surface area contributed by atoms with E-state index in [1.54, 1.807) is 12.1 Å². The fraction of sp³-hybridized carbons (Fsp3) is 0.441. The lowest BCUT2D eigenvalue weighted by Crippen LogP contribution is -3.00. The van der Waals surface area contributed by atoms with E-state index >= 15 is 0 Å². The molecule has 8 N–H and O–H groups in total. The van der Waals surface area contributed by atoms with E-state index in [0.717, 1.165) is 19.3 Å². The molecule has 1 aliphatic rings. The van der Waals surface area contributed by atoms with Crippen LogP contribution in [0.3, 0.4) is 0 Å². The predicted molar refractivity (Wildman–Crippen MR) is 189 cm³/mol. The molecule has 18 heteroatoms. The molecule has 52 heavy (non-hydrogen) atoms. The summed E-state index contributed by atoms with van der Waals surface area (Å²) in [5.41, 5.74) is 15.5. The topological polar surface area (TPSA) is 248 Å². The molecule has 15 nitrogen and oxygen atoms in total. The van der Waals surface area contributed by atoms with Crippen LogP contribution in [-0.2, 0) is 46.4 Å². The Hall–Kier alpha value is -4.32. The predicted octanol–water partition coefficient (Wildman–Crippen LogP) is -1.06. The highest BCUT2D eigenvalue weighted by atomic mass is 35.5. The van der Waals surface area contributed by atoms with Crippen LogP contribution in [0, 0.1) is 0 Å². The lowest BCUT2D eigenvalue weighted by atomic mass is 10.0. The maximum atomic E-state index is 12.3. The second-order valence-corrected chi connectivity index (χ2v) is 14.3. The summed E-state index contributed by atoms with van der Waals surface area (Å²) in [6, 6.07) is 7.71. The molecule has 0 radical (unpaired) electrons. The van der Waals surface area contributed by atoms with Crippen LogP contribution in [0.2, 0.25) is 0 Å². The number of nitrogens with two attached hydrogens (primary N) is 2. The van der Waals surface area contributed by atoms with Gasteiger partial charge in [0.25, 0.3) is 5.91 Å². The van der Waals surface area contributed by atoms with Crippen molar-refractivity contribution in [3.63, 3.8) is 0 Å². The number of nitrogens with one attached hydrogen (secondary N) is 1. The standard InChI is InChI=1S/C21H28N2O6S2.C13H16N2O5.ClH/c1-13(24)28-18-8-7-15(12-19(18)29-14(2)25)11-17(21(22)27)23-20(26)6-4-3-5-16-9-10-30-31-16;1-7(16)19-11-4-3-9(5-10(14)13(15)18)6-12(11)20-8(2)17;/h7-8,12,16-17H,3-6,9-11H2,1-2H3,(H2,22,27)(H,23,26);3-4,6,10H,5,14H2,1-2H3,(H2,15,18);1H/t16-,17+;10-;/m10./s1. The minimum absolute atomic E-state index is 0. The molecule has 3 amide bonds. The van der Waals surface area contributed by atoms with Crippen molar-refractivity contribution in [1.29, 1.82) is 0 Å². The first-order chi connectivity index (χ1) is 24.0. The molecule has 1 heterocycles. The molecule has 2 aromatic rings. The van der Waals surface area contributed by atoms with E-state index in [4.69, 9.17) is 30.4 Å². The number of hydrogen-bond donors (Lipinski definition) is 4. The van der Waals surface area contributed by atoms with Crippen molar-refractivity contribution in [3.8, 4) is 23.0 Å². The van der Waals surface area contributed by atoms with Crippen molar-refractivity contribution in [2.45, 2.75) is 90.0 Å². The third kappa shape index (κ3) is 17.7. The number of ether oxygens (including phenoxy) is 4. The zero-order valence-electron chi connectivity index (χ0n) is 29.4. The highest BCUT2D eigenvalue weighted by molar-refractivity contribution is 8.77. The second kappa shape index (κ2) is 23.3. The van der Waals surface area contributed by atoms with Crippen LogP contribution < -0.4 is 53.9 Å². The van der Waals surface area contributed by atoms with Crippen LogP contribution in [0.1, 0.15) is 70.9 Å². The number of carbonyl (C=O) groups is 7. The van der Waals surface area contributed by atoms with E-state index in [0.29, 0.717) is 29.2 Å². The van der Waals surface area contributed by atoms with Gasteiger partial charge in [-0.25, -0.2) is 0 Å². The van der Waals surface area contributed by atoms with Gasteiger partial charge >= 0.3 is 23.9 Å². The van der Waals surface area contributed by atoms with E-state index in [9.17, 15) is 33.6 Å². The van der Waals surface area contributed by atoms with Gasteiger partial charge < -0.3 is 53.9 Å². The number of rotatable bonds is 16. The van der Waals surface area contributed by atoms with E-state index in [2.05, 4.69) is 11.1 Å². The minimum atomic E-state index is -0.904. The molecule has 3 rings (SSSR count). The minimum Gasteiger partial charge on any atom is -1.00 e. The van der Waals surface area contributed by atoms with Gasteiger partial charge in [0, 0.05) is 58.0 Å². The third-order valence-corrected chi connectivity index (χ3v) is 9.95. The molecule has 0 aliphatic carbocycles. The number of hydrogen-bond acceptors (Lipinski definition) is 13. The molecule has 1 fully saturated rings. The van der Waals surface area contributed by atoms with Crippen LogP contribution in [-0.4, -0.2) is 64.7 Å². The van der Waals surface area contributed by atoms with Crippen LogP contribution >= 0.6 is 21.6 Å². The molecule has 0 unspecified atom stereocenters. The Morgan fingerprint density at radius 1 is 0.750 bits per heavy atom. The summed E-state index contributed by atoms with van der Waals surface area (Å²) >= 11 is 0. The fourth-order valence-electron chi connectivity index (χ4n) is 4.64. The summed E-state index contributed by atoms with van der Waals surface area (Å²) in [6.07, 6.45) is 4.78. The van der Waals surface area contributed by atoms with Crippen molar-refractivity contribution in [3.05, 3.63) is 47.5 Å². The summed E-state index contributed by atoms with van der Waals surface area (Å²) in [5, 5.41) is 3.36. The lowest BCUT2D eigenvalue weighted by Gasteiger charge is -2.17. The third-order valence-electron chi connectivity index (χ3n) is 6.94. The molecule has 0 bridgehead atoms. The smallest absolute Gasteiger partial charge is 0.308 e. The van der Waals surface area contributed by atoms with Crippen molar-refractivity contribution >= 4 is 63.2 Å². The Kier molecular flexibility index (Phi) is 20.5. The van der Waals surface area contributed by atoms with Gasteiger partial charge in [-0.05, 0) is 54.7 Å². The lowest BCUT2D eigenvalue weighted by molar-refractivity contribution is -0.402. The maximum Gasteiger partial charge on any atom is 0.308 e. The van der Waals surface area contributed by atoms with Crippen LogP contribution in [0.5, 0.6) is 23.0 Å². The second-order valence-electron chi connectivity index (χ2n) is 11.5. The van der Waals surface area contributed by atoms with Gasteiger partial charge in [-0.1, -0.05) is 40.1 Å². The first kappa shape index (κ1) is 45.7. The molecule has 0 spiro atoms. The molecule has 0 aromatic heterocycles. The van der Waals surface area contributed by atoms with Crippen LogP contribution in [0.4, 0.5) is 0 Å². The quantitative estimate of drug-likeness (QED) is 0.0687. The number of primary amides is 2. The Morgan fingerprint density at radius 3 is 1.65 bits per heavy atom. The summed E-state index contributed by atoms with van der Waals surface area (Å²) in [6.45, 7) is 4.93. The van der Waals surface area contributed by atoms with E-state index in [-0.39, 0.29) is 47.7 Å². The average Bonchev–Trinajstić information content (AvgIpc) is 3.54. The normalized spacial score (nSPS) is 14.2. The summed E-state index contributed by atoms with van der Waals surface area (Å²) in [7, 11) is 3.82. The first-order valence-electron chi connectivity index (χ1n) is 16.0. The largest absolute Gasteiger partial charge is 1.00 e. The SMILES string of the molecule is CC(=O)Oc1ccc(C[C@H](NC(=O)CCCC[C@@H]2CCSS2)C(N)=O)cc1OC(C)=O.CC(=O)Oc1ccc(C[C@H]([NH3+])C(N)=O)cc1OC(C)=O.[Cl-]. The van der Waals surface area contributed by atoms with E-state index in [1.165, 1.54) is 64.1 Å². The molecule has 0 saturated carbocycles. The number of quaternary nitrogens is 1. The number of halogens is 1. The van der Waals surface area contributed by atoms with Gasteiger partial charge in [0.1, 0.15) is 6.04 Å². The molecular formula is C34H45ClN4O11S2. The molecule has 1 saturated heterocycles. The van der Waals surface area contributed by atoms with Crippen molar-refractivity contribution in [2.75, 3.05) is 5.75 Å². The number of carbonyl (C=O) groups excluding carboxylic acids is 7. The monoisotopic (exact) mass is 784 g/mol. The average molecular weight is 785 g/mol. The Bertz CT molecular complexity index is 1590. The van der Waals surface area contributed by atoms with Crippen molar-refractivity contribution in [1.82, 2.24) is 5.32 Å². The highest BCUT2D eigenvalue weighted by Gasteiger charge is 2.21. The molecular weight excluding hydrogens is 740 g/mol. The Balaban J connectivity index is 0.000000559. The van der Waals surface area contributed by atoms with Crippen molar-refractivity contribution in [2.24, 2.45) is 11.5 Å². The maximum absolute atomic E-state index is 12.3. The van der Waals surface area contributed by atoms with Crippen molar-refractivity contribution < 1.29 is 70.6 Å². The Labute approximate surface area is 315 Å². The van der Waals surface area contributed by atoms with Gasteiger partial charge in [0.15, 0.2) is 29.0 Å². The van der Waals surface area contributed by atoms with E-state index < -0.39 is 47.8 Å². The zero-order valence-corrected chi connectivity index (χ0v) is 31.8. The van der Waals surface area contributed by atoms with Gasteiger partial charge in [-0.2, -0.15) is 0 Å². The summed E-state index contributed by atoms with van der Waals surface area (Å²) in [4.78, 5) is 79.7. The number of amides is 3. The molecule has 286 valence electrons. The van der Waals surface area contributed by atoms with Gasteiger partial charge in [0.2, 0.25) is 11.8 Å². The zero-order chi connectivity index (χ0) is 38.1. The van der Waals surface area contributed by atoms with E-state index in [1.807, 2.05) is 21.6 Å². The Morgan fingerprint density at radius 2 is 1.23 bits per heavy atom. The number of esters is 4.